The van der Waals surface area contributed by atoms with Gasteiger partial charge in [0.1, 0.15) is 5.78 Å². The van der Waals surface area contributed by atoms with Crippen LogP contribution in [0.2, 0.25) is 0 Å². The van der Waals surface area contributed by atoms with Crippen molar-refractivity contribution >= 4 is 26.7 Å². The Kier molecular flexibility index (Phi) is 3.87. The van der Waals surface area contributed by atoms with Crippen molar-refractivity contribution in [2.45, 2.75) is 31.7 Å². The van der Waals surface area contributed by atoms with Crippen molar-refractivity contribution in [3.8, 4) is 0 Å². The predicted molar refractivity (Wildman–Crippen MR) is 76.9 cm³/mol. The average Bonchev–Trinajstić information content (AvgIpc) is 2.38. The number of sulfonamides is 1. The Bertz CT molecular complexity index is 769. The van der Waals surface area contributed by atoms with Gasteiger partial charge >= 0.3 is 0 Å². The van der Waals surface area contributed by atoms with Gasteiger partial charge in [-0.25, -0.2) is 13.1 Å². The number of hydrogen-bond acceptors (Lipinski definition) is 4. The molecule has 106 valence electrons. The highest BCUT2D eigenvalue weighted by atomic mass is 32.2. The zero-order chi connectivity index (χ0) is 14.9. The summed E-state index contributed by atoms with van der Waals surface area (Å²) in [6.45, 7) is 4.74. The molecule has 0 bridgehead atoms. The third kappa shape index (κ3) is 2.71. The molecular weight excluding hydrogens is 276 g/mol. The van der Waals surface area contributed by atoms with Gasteiger partial charge in [0.15, 0.2) is 0 Å². The molecule has 0 aliphatic rings. The Labute approximate surface area is 118 Å². The fraction of sp³-hybridized carbons (Fsp3) is 0.286. The number of pyridine rings is 1. The smallest absolute Gasteiger partial charge is 0.241 e. The van der Waals surface area contributed by atoms with Gasteiger partial charge in [-0.1, -0.05) is 6.07 Å². The standard InChI is InChI=1S/C14H16N2O3S/c1-9-6-7-13(12-5-4-8-15-14(9)12)20(18,19)16-10(2)11(3)17/h4-8,10,16H,1-3H3. The summed E-state index contributed by atoms with van der Waals surface area (Å²) < 4.78 is 27.1. The van der Waals surface area contributed by atoms with Gasteiger partial charge in [0.25, 0.3) is 0 Å². The molecule has 1 heterocycles. The molecule has 2 rings (SSSR count). The molecule has 20 heavy (non-hydrogen) atoms. The van der Waals surface area contributed by atoms with Crippen molar-refractivity contribution in [1.82, 2.24) is 9.71 Å². The summed E-state index contributed by atoms with van der Waals surface area (Å²) in [5, 5.41) is 0.552. The topological polar surface area (TPSA) is 76.1 Å². The number of aromatic nitrogens is 1. The Morgan fingerprint density at radius 1 is 1.30 bits per heavy atom. The van der Waals surface area contributed by atoms with Gasteiger partial charge in [0, 0.05) is 11.6 Å². The Morgan fingerprint density at radius 2 is 2.00 bits per heavy atom. The van der Waals surface area contributed by atoms with Crippen LogP contribution >= 0.6 is 0 Å². The van der Waals surface area contributed by atoms with Crippen LogP contribution in [0, 0.1) is 6.92 Å². The number of rotatable bonds is 4. The van der Waals surface area contributed by atoms with Gasteiger partial charge in [-0.2, -0.15) is 0 Å². The first-order valence-electron chi connectivity index (χ1n) is 6.20. The second-order valence-corrected chi connectivity index (χ2v) is 6.42. The quantitative estimate of drug-likeness (QED) is 0.932. The van der Waals surface area contributed by atoms with E-state index < -0.39 is 16.1 Å². The number of Topliss-reactive ketones (excluding diaryl/α,β-unsaturated/α-hetero) is 1. The molecule has 0 radical (unpaired) electrons. The molecule has 0 saturated carbocycles. The summed E-state index contributed by atoms with van der Waals surface area (Å²) in [5.41, 5.74) is 1.55. The van der Waals surface area contributed by atoms with E-state index >= 15 is 0 Å². The molecule has 1 unspecified atom stereocenters. The van der Waals surface area contributed by atoms with Crippen LogP contribution < -0.4 is 4.72 Å². The van der Waals surface area contributed by atoms with Crippen molar-refractivity contribution in [2.75, 3.05) is 0 Å². The van der Waals surface area contributed by atoms with Crippen LogP contribution in [-0.2, 0) is 14.8 Å². The maximum atomic E-state index is 12.4. The third-order valence-electron chi connectivity index (χ3n) is 3.16. The van der Waals surface area contributed by atoms with Crippen molar-refractivity contribution < 1.29 is 13.2 Å². The van der Waals surface area contributed by atoms with Gasteiger partial charge in [-0.05, 0) is 44.5 Å². The molecule has 1 N–H and O–H groups in total. The summed E-state index contributed by atoms with van der Waals surface area (Å²) in [5.74, 6) is -0.233. The van der Waals surface area contributed by atoms with E-state index in [1.807, 2.05) is 6.92 Å². The highest BCUT2D eigenvalue weighted by Gasteiger charge is 2.22. The molecule has 0 fully saturated rings. The fourth-order valence-corrected chi connectivity index (χ4v) is 3.36. The minimum Gasteiger partial charge on any atom is -0.298 e. The first kappa shape index (κ1) is 14.6. The second-order valence-electron chi connectivity index (χ2n) is 4.73. The summed E-state index contributed by atoms with van der Waals surface area (Å²) in [6.07, 6.45) is 1.62. The normalized spacial score (nSPS) is 13.3. The van der Waals surface area contributed by atoms with Crippen molar-refractivity contribution in [3.63, 3.8) is 0 Å². The Balaban J connectivity index is 2.58. The average molecular weight is 292 g/mol. The van der Waals surface area contributed by atoms with Crippen molar-refractivity contribution in [1.29, 1.82) is 0 Å². The Hall–Kier alpha value is -1.79. The maximum Gasteiger partial charge on any atom is 0.241 e. The zero-order valence-corrected chi connectivity index (χ0v) is 12.4. The lowest BCUT2D eigenvalue weighted by Crippen LogP contribution is -2.37. The highest BCUT2D eigenvalue weighted by molar-refractivity contribution is 7.89. The second kappa shape index (κ2) is 5.30. The number of carbonyl (C=O) groups excluding carboxylic acids is 1. The van der Waals surface area contributed by atoms with E-state index in [2.05, 4.69) is 9.71 Å². The van der Waals surface area contributed by atoms with E-state index in [4.69, 9.17) is 0 Å². The molecular formula is C14H16N2O3S. The SMILES string of the molecule is CC(=O)C(C)NS(=O)(=O)c1ccc(C)c2ncccc12. The van der Waals surface area contributed by atoms with Gasteiger partial charge in [0.2, 0.25) is 10.0 Å². The number of fused-ring (bicyclic) bond motifs is 1. The summed E-state index contributed by atoms with van der Waals surface area (Å²) >= 11 is 0. The van der Waals surface area contributed by atoms with Crippen LogP contribution in [0.1, 0.15) is 19.4 Å². The van der Waals surface area contributed by atoms with Crippen LogP contribution in [-0.4, -0.2) is 25.2 Å². The third-order valence-corrected chi connectivity index (χ3v) is 4.76. The largest absolute Gasteiger partial charge is 0.298 e. The number of nitrogens with zero attached hydrogens (tertiary/aromatic N) is 1. The number of aryl methyl sites for hydroxylation is 1. The molecule has 0 aliphatic heterocycles. The zero-order valence-electron chi connectivity index (χ0n) is 11.5. The number of carbonyl (C=O) groups is 1. The van der Waals surface area contributed by atoms with Gasteiger partial charge in [0.05, 0.1) is 16.5 Å². The van der Waals surface area contributed by atoms with Crippen LogP contribution in [0.25, 0.3) is 10.9 Å². The Morgan fingerprint density at radius 3 is 2.65 bits per heavy atom. The highest BCUT2D eigenvalue weighted by Crippen LogP contribution is 2.24. The van der Waals surface area contributed by atoms with Gasteiger partial charge in [-0.3, -0.25) is 9.78 Å². The molecule has 6 heteroatoms. The molecule has 0 amide bonds. The molecule has 0 saturated heterocycles. The van der Waals surface area contributed by atoms with E-state index in [0.717, 1.165) is 5.56 Å². The van der Waals surface area contributed by atoms with E-state index in [1.54, 1.807) is 24.4 Å². The van der Waals surface area contributed by atoms with Crippen LogP contribution in [0.3, 0.4) is 0 Å². The molecule has 2 aromatic rings. The van der Waals surface area contributed by atoms with Crippen LogP contribution in [0.15, 0.2) is 35.4 Å². The lowest BCUT2D eigenvalue weighted by molar-refractivity contribution is -0.118. The maximum absolute atomic E-state index is 12.4. The predicted octanol–water partition coefficient (Wildman–Crippen LogP) is 1.80. The fourth-order valence-electron chi connectivity index (χ4n) is 1.90. The molecule has 1 aromatic heterocycles. The molecule has 0 aliphatic carbocycles. The lowest BCUT2D eigenvalue weighted by Gasteiger charge is -2.13. The van der Waals surface area contributed by atoms with Gasteiger partial charge < -0.3 is 0 Å². The number of nitrogens with one attached hydrogen (secondary N) is 1. The molecule has 1 atom stereocenters. The summed E-state index contributed by atoms with van der Waals surface area (Å²) in [7, 11) is -3.76. The first-order chi connectivity index (χ1) is 9.33. The molecule has 0 spiro atoms. The molecule has 5 nitrogen and oxygen atoms in total. The minimum atomic E-state index is -3.76. The van der Waals surface area contributed by atoms with Crippen LogP contribution in [0.4, 0.5) is 0 Å². The van der Waals surface area contributed by atoms with E-state index in [0.29, 0.717) is 10.9 Å². The van der Waals surface area contributed by atoms with Gasteiger partial charge in [-0.15, -0.1) is 0 Å². The van der Waals surface area contributed by atoms with Crippen molar-refractivity contribution in [3.05, 3.63) is 36.0 Å². The number of hydrogen-bond donors (Lipinski definition) is 1. The van der Waals surface area contributed by atoms with Crippen LogP contribution in [0.5, 0.6) is 0 Å². The number of ketones is 1. The monoisotopic (exact) mass is 292 g/mol. The first-order valence-corrected chi connectivity index (χ1v) is 7.68. The van der Waals surface area contributed by atoms with E-state index in [-0.39, 0.29) is 10.7 Å². The van der Waals surface area contributed by atoms with E-state index in [1.165, 1.54) is 19.9 Å². The van der Waals surface area contributed by atoms with Crippen molar-refractivity contribution in [2.24, 2.45) is 0 Å². The summed E-state index contributed by atoms with van der Waals surface area (Å²) in [6, 6.07) is 5.89. The molecule has 1 aromatic carbocycles. The minimum absolute atomic E-state index is 0.138. The summed E-state index contributed by atoms with van der Waals surface area (Å²) in [4.78, 5) is 15.6. The lowest BCUT2D eigenvalue weighted by atomic mass is 10.1. The van der Waals surface area contributed by atoms with E-state index in [9.17, 15) is 13.2 Å². The number of benzene rings is 1.